The number of nitrogens with zero attached hydrogens (tertiary/aromatic N) is 2. The van der Waals surface area contributed by atoms with Gasteiger partial charge in [-0.25, -0.2) is 9.37 Å². The Morgan fingerprint density at radius 3 is 2.95 bits per heavy atom. The number of hydrogen-bond acceptors (Lipinski definition) is 3. The number of carbonyl (C=O) groups excluding carboxylic acids is 1. The van der Waals surface area contributed by atoms with E-state index in [1.807, 2.05) is 7.05 Å². The number of anilines is 1. The van der Waals surface area contributed by atoms with E-state index in [2.05, 4.69) is 15.6 Å². The molecule has 0 aliphatic carbocycles. The van der Waals surface area contributed by atoms with Crippen LogP contribution in [-0.2, 0) is 17.9 Å². The number of aromatic nitrogens is 2. The quantitative estimate of drug-likeness (QED) is 0.856. The van der Waals surface area contributed by atoms with Crippen molar-refractivity contribution in [3.8, 4) is 0 Å². The summed E-state index contributed by atoms with van der Waals surface area (Å²) in [4.78, 5) is 15.9. The van der Waals surface area contributed by atoms with Gasteiger partial charge in [0.05, 0.1) is 17.7 Å². The van der Waals surface area contributed by atoms with Crippen molar-refractivity contribution in [2.24, 2.45) is 0 Å². The number of para-hydroxylation sites is 1. The Hall–Kier alpha value is -2.21. The molecule has 0 aliphatic heterocycles. The van der Waals surface area contributed by atoms with Gasteiger partial charge in [0, 0.05) is 12.7 Å². The van der Waals surface area contributed by atoms with E-state index in [1.165, 1.54) is 12.1 Å². The van der Waals surface area contributed by atoms with Crippen molar-refractivity contribution in [3.63, 3.8) is 0 Å². The lowest BCUT2D eigenvalue weighted by atomic mass is 10.3. The molecule has 19 heavy (non-hydrogen) atoms. The molecule has 0 unspecified atom stereocenters. The SMILES string of the molecule is CNCc1cn(CC(=O)Nc2ccccc2F)cn1. The summed E-state index contributed by atoms with van der Waals surface area (Å²) in [5.74, 6) is -0.740. The molecule has 0 saturated heterocycles. The monoisotopic (exact) mass is 262 g/mol. The standard InChI is InChI=1S/C13H15FN4O/c1-15-6-10-7-18(9-16-10)8-13(19)17-12-5-3-2-4-11(12)14/h2-5,7,9,15H,6,8H2,1H3,(H,17,19). The van der Waals surface area contributed by atoms with Gasteiger partial charge in [-0.3, -0.25) is 4.79 Å². The molecular weight excluding hydrogens is 247 g/mol. The Balaban J connectivity index is 1.95. The van der Waals surface area contributed by atoms with Crippen LogP contribution in [0.3, 0.4) is 0 Å². The van der Waals surface area contributed by atoms with Crippen molar-refractivity contribution in [1.82, 2.24) is 14.9 Å². The first-order chi connectivity index (χ1) is 9.19. The molecule has 0 aliphatic rings. The van der Waals surface area contributed by atoms with Crippen LogP contribution in [0.1, 0.15) is 5.69 Å². The molecule has 2 aromatic rings. The number of halogens is 1. The van der Waals surface area contributed by atoms with Crippen molar-refractivity contribution >= 4 is 11.6 Å². The van der Waals surface area contributed by atoms with Crippen LogP contribution < -0.4 is 10.6 Å². The van der Waals surface area contributed by atoms with Crippen molar-refractivity contribution < 1.29 is 9.18 Å². The maximum absolute atomic E-state index is 13.4. The summed E-state index contributed by atoms with van der Waals surface area (Å²) >= 11 is 0. The van der Waals surface area contributed by atoms with Gasteiger partial charge in [0.15, 0.2) is 0 Å². The molecule has 1 heterocycles. The highest BCUT2D eigenvalue weighted by Crippen LogP contribution is 2.12. The molecule has 0 fully saturated rings. The molecule has 2 rings (SSSR count). The minimum Gasteiger partial charge on any atom is -0.328 e. The van der Waals surface area contributed by atoms with Crippen LogP contribution in [0.25, 0.3) is 0 Å². The molecule has 1 aromatic heterocycles. The molecule has 0 atom stereocenters. The maximum Gasteiger partial charge on any atom is 0.244 e. The lowest BCUT2D eigenvalue weighted by Gasteiger charge is -2.06. The van der Waals surface area contributed by atoms with Gasteiger partial charge in [-0.15, -0.1) is 0 Å². The van der Waals surface area contributed by atoms with E-state index in [0.29, 0.717) is 6.54 Å². The van der Waals surface area contributed by atoms with Crippen molar-refractivity contribution in [1.29, 1.82) is 0 Å². The number of hydrogen-bond donors (Lipinski definition) is 2. The predicted molar refractivity (Wildman–Crippen MR) is 70.0 cm³/mol. The minimum atomic E-state index is -0.447. The van der Waals surface area contributed by atoms with Crippen LogP contribution in [0.4, 0.5) is 10.1 Å². The minimum absolute atomic E-state index is 0.102. The first kappa shape index (κ1) is 13.2. The van der Waals surface area contributed by atoms with Crippen LogP contribution in [-0.4, -0.2) is 22.5 Å². The maximum atomic E-state index is 13.4. The van der Waals surface area contributed by atoms with E-state index in [9.17, 15) is 9.18 Å². The molecule has 0 radical (unpaired) electrons. The van der Waals surface area contributed by atoms with Gasteiger partial charge in [-0.05, 0) is 19.2 Å². The first-order valence-electron chi connectivity index (χ1n) is 5.88. The Morgan fingerprint density at radius 1 is 1.42 bits per heavy atom. The van der Waals surface area contributed by atoms with Gasteiger partial charge in [0.2, 0.25) is 5.91 Å². The number of rotatable bonds is 5. The van der Waals surface area contributed by atoms with Gasteiger partial charge in [-0.2, -0.15) is 0 Å². The highest BCUT2D eigenvalue weighted by Gasteiger charge is 2.07. The lowest BCUT2D eigenvalue weighted by Crippen LogP contribution is -2.18. The average molecular weight is 262 g/mol. The summed E-state index contributed by atoms with van der Waals surface area (Å²) in [6, 6.07) is 6.07. The zero-order valence-corrected chi connectivity index (χ0v) is 10.6. The van der Waals surface area contributed by atoms with E-state index >= 15 is 0 Å². The molecule has 2 N–H and O–H groups in total. The molecule has 6 heteroatoms. The topological polar surface area (TPSA) is 59.0 Å². The fraction of sp³-hybridized carbons (Fsp3) is 0.231. The Labute approximate surface area is 110 Å². The molecule has 0 bridgehead atoms. The van der Waals surface area contributed by atoms with E-state index in [-0.39, 0.29) is 18.1 Å². The van der Waals surface area contributed by atoms with Crippen LogP contribution in [0, 0.1) is 5.82 Å². The Morgan fingerprint density at radius 2 is 2.21 bits per heavy atom. The molecule has 5 nitrogen and oxygen atoms in total. The number of benzene rings is 1. The lowest BCUT2D eigenvalue weighted by molar-refractivity contribution is -0.116. The summed E-state index contributed by atoms with van der Waals surface area (Å²) < 4.78 is 15.0. The smallest absolute Gasteiger partial charge is 0.244 e. The summed E-state index contributed by atoms with van der Waals surface area (Å²) in [7, 11) is 1.82. The molecule has 100 valence electrons. The van der Waals surface area contributed by atoms with E-state index in [0.717, 1.165) is 5.69 Å². The van der Waals surface area contributed by atoms with Crippen molar-refractivity contribution in [3.05, 3.63) is 48.3 Å². The summed E-state index contributed by atoms with van der Waals surface area (Å²) in [5, 5.41) is 5.49. The number of amides is 1. The van der Waals surface area contributed by atoms with E-state index in [4.69, 9.17) is 0 Å². The van der Waals surface area contributed by atoms with Gasteiger partial charge in [0.25, 0.3) is 0 Å². The fourth-order valence-electron chi connectivity index (χ4n) is 1.68. The van der Waals surface area contributed by atoms with E-state index in [1.54, 1.807) is 29.2 Å². The largest absolute Gasteiger partial charge is 0.328 e. The summed E-state index contributed by atoms with van der Waals surface area (Å²) in [6.45, 7) is 0.743. The Kier molecular flexibility index (Phi) is 4.25. The fourth-order valence-corrected chi connectivity index (χ4v) is 1.68. The Bertz CT molecular complexity index is 567. The zero-order valence-electron chi connectivity index (χ0n) is 10.6. The normalized spacial score (nSPS) is 10.4. The predicted octanol–water partition coefficient (Wildman–Crippen LogP) is 1.38. The van der Waals surface area contributed by atoms with Crippen LogP contribution in [0.2, 0.25) is 0 Å². The third-order valence-corrected chi connectivity index (χ3v) is 2.52. The number of imidazole rings is 1. The van der Waals surface area contributed by atoms with Gasteiger partial charge >= 0.3 is 0 Å². The molecule has 1 aromatic carbocycles. The third-order valence-electron chi connectivity index (χ3n) is 2.52. The van der Waals surface area contributed by atoms with Gasteiger partial charge < -0.3 is 15.2 Å². The summed E-state index contributed by atoms with van der Waals surface area (Å²) in [5.41, 5.74) is 1.03. The zero-order chi connectivity index (χ0) is 13.7. The van der Waals surface area contributed by atoms with Crippen LogP contribution >= 0.6 is 0 Å². The second-order valence-corrected chi connectivity index (χ2v) is 4.10. The second-order valence-electron chi connectivity index (χ2n) is 4.10. The number of nitrogens with one attached hydrogen (secondary N) is 2. The molecule has 0 saturated carbocycles. The van der Waals surface area contributed by atoms with E-state index < -0.39 is 5.82 Å². The average Bonchev–Trinajstić information content (AvgIpc) is 2.80. The van der Waals surface area contributed by atoms with Crippen LogP contribution in [0.15, 0.2) is 36.8 Å². The molecular formula is C13H15FN4O. The summed E-state index contributed by atoms with van der Waals surface area (Å²) in [6.07, 6.45) is 3.35. The third kappa shape index (κ3) is 3.62. The van der Waals surface area contributed by atoms with Gasteiger partial charge in [-0.1, -0.05) is 12.1 Å². The first-order valence-corrected chi connectivity index (χ1v) is 5.88. The molecule has 0 spiro atoms. The van der Waals surface area contributed by atoms with Crippen LogP contribution in [0.5, 0.6) is 0 Å². The van der Waals surface area contributed by atoms with Crippen molar-refractivity contribution in [2.75, 3.05) is 12.4 Å². The highest BCUT2D eigenvalue weighted by atomic mass is 19.1. The van der Waals surface area contributed by atoms with Gasteiger partial charge in [0.1, 0.15) is 12.4 Å². The van der Waals surface area contributed by atoms with Crippen molar-refractivity contribution in [2.45, 2.75) is 13.1 Å². The number of carbonyl (C=O) groups is 1. The highest BCUT2D eigenvalue weighted by molar-refractivity contribution is 5.90. The molecule has 1 amide bonds. The second kappa shape index (κ2) is 6.10.